The number of rotatable bonds is 4. The van der Waals surface area contributed by atoms with E-state index in [2.05, 4.69) is 22.4 Å². The number of carbonyl (C=O) groups excluding carboxylic acids is 1. The topological polar surface area (TPSA) is 80.4 Å². The van der Waals surface area contributed by atoms with Crippen molar-refractivity contribution >= 4 is 29.0 Å². The van der Waals surface area contributed by atoms with Gasteiger partial charge in [0.15, 0.2) is 5.96 Å². The van der Waals surface area contributed by atoms with E-state index in [0.29, 0.717) is 12.3 Å². The molecule has 1 aliphatic rings. The molecule has 4 rings (SSSR count). The van der Waals surface area contributed by atoms with E-state index in [1.54, 1.807) is 0 Å². The lowest BCUT2D eigenvalue weighted by atomic mass is 9.77. The molecule has 0 aliphatic heterocycles. The molecule has 130 valence electrons. The minimum Gasteiger partial charge on any atom is -0.369 e. The van der Waals surface area contributed by atoms with Crippen molar-refractivity contribution in [3.05, 3.63) is 60.2 Å². The van der Waals surface area contributed by atoms with Crippen molar-refractivity contribution in [3.63, 3.8) is 0 Å². The number of para-hydroxylation sites is 1. The molecule has 0 radical (unpaired) electrons. The minimum atomic E-state index is 0.0935. The summed E-state index contributed by atoms with van der Waals surface area (Å²) in [5, 5.41) is 3.40. The number of nitrogens with two attached hydrogens (primary N) is 1. The molecule has 0 bridgehead atoms. The summed E-state index contributed by atoms with van der Waals surface area (Å²) in [5.74, 6) is 0.501. The minimum absolute atomic E-state index is 0.0935. The molecule has 1 aliphatic carbocycles. The first kappa shape index (κ1) is 16.3. The molecule has 5 heteroatoms. The number of nitrogens with one attached hydrogen (secondary N) is 1. The van der Waals surface area contributed by atoms with E-state index in [-0.39, 0.29) is 5.96 Å². The summed E-state index contributed by atoms with van der Waals surface area (Å²) in [6, 6.07) is 18.1. The van der Waals surface area contributed by atoms with Gasteiger partial charge in [0, 0.05) is 16.5 Å². The number of hydrogen-bond acceptors (Lipinski definition) is 3. The molecule has 2 aromatic carbocycles. The highest BCUT2D eigenvalue weighted by Gasteiger charge is 2.28. The highest BCUT2D eigenvalue weighted by atomic mass is 16.1. The molecule has 26 heavy (non-hydrogen) atoms. The first-order chi connectivity index (χ1) is 12.8. The highest BCUT2D eigenvalue weighted by Crippen LogP contribution is 2.47. The molecule has 0 atom stereocenters. The van der Waals surface area contributed by atoms with Crippen molar-refractivity contribution in [1.29, 1.82) is 0 Å². The monoisotopic (exact) mass is 344 g/mol. The Labute approximate surface area is 152 Å². The molecule has 0 spiro atoms. The van der Waals surface area contributed by atoms with Crippen molar-refractivity contribution in [2.45, 2.75) is 25.2 Å². The van der Waals surface area contributed by atoms with Crippen LogP contribution < -0.4 is 11.1 Å². The van der Waals surface area contributed by atoms with Crippen LogP contribution in [0.3, 0.4) is 0 Å². The number of nitrogens with zero attached hydrogens (tertiary/aromatic N) is 2. The molecule has 1 amide bonds. The summed E-state index contributed by atoms with van der Waals surface area (Å²) in [6.45, 7) is 0. The van der Waals surface area contributed by atoms with Crippen molar-refractivity contribution in [3.8, 4) is 11.3 Å². The van der Waals surface area contributed by atoms with E-state index in [1.165, 1.54) is 6.42 Å². The smallest absolute Gasteiger partial charge is 0.213 e. The number of amides is 1. The summed E-state index contributed by atoms with van der Waals surface area (Å²) >= 11 is 0. The van der Waals surface area contributed by atoms with Gasteiger partial charge in [0.05, 0.1) is 16.9 Å². The Balaban J connectivity index is 2.04. The molecule has 0 unspecified atom stereocenters. The van der Waals surface area contributed by atoms with Gasteiger partial charge in [0.2, 0.25) is 6.41 Å². The molecular weight excluding hydrogens is 324 g/mol. The van der Waals surface area contributed by atoms with Crippen LogP contribution in [0.4, 0.5) is 5.69 Å². The summed E-state index contributed by atoms with van der Waals surface area (Å²) in [4.78, 5) is 20.3. The molecule has 5 nitrogen and oxygen atoms in total. The highest BCUT2D eigenvalue weighted by molar-refractivity contribution is 5.99. The molecular formula is C21H20N4O. The number of benzene rings is 2. The summed E-state index contributed by atoms with van der Waals surface area (Å²) in [7, 11) is 0. The number of pyridine rings is 1. The van der Waals surface area contributed by atoms with E-state index in [0.717, 1.165) is 46.3 Å². The van der Waals surface area contributed by atoms with Crippen LogP contribution in [0.2, 0.25) is 0 Å². The van der Waals surface area contributed by atoms with Crippen LogP contribution in [-0.4, -0.2) is 17.4 Å². The average Bonchev–Trinajstić information content (AvgIpc) is 2.62. The van der Waals surface area contributed by atoms with Gasteiger partial charge in [-0.1, -0.05) is 55.0 Å². The molecule has 0 saturated heterocycles. The zero-order valence-electron chi connectivity index (χ0n) is 14.4. The van der Waals surface area contributed by atoms with Crippen LogP contribution >= 0.6 is 0 Å². The number of fused-ring (bicyclic) bond motifs is 1. The first-order valence-electron chi connectivity index (χ1n) is 8.80. The zero-order valence-corrected chi connectivity index (χ0v) is 14.4. The molecule has 1 heterocycles. The van der Waals surface area contributed by atoms with E-state index >= 15 is 0 Å². The summed E-state index contributed by atoms with van der Waals surface area (Å²) in [5.41, 5.74) is 10.7. The second-order valence-corrected chi connectivity index (χ2v) is 6.49. The predicted molar refractivity (Wildman–Crippen MR) is 104 cm³/mol. The maximum Gasteiger partial charge on any atom is 0.213 e. The Kier molecular flexibility index (Phi) is 4.35. The third-order valence-electron chi connectivity index (χ3n) is 4.90. The molecule has 3 N–H and O–H groups in total. The van der Waals surface area contributed by atoms with Crippen LogP contribution in [0.1, 0.15) is 30.7 Å². The lowest BCUT2D eigenvalue weighted by molar-refractivity contribution is -0.108. The lowest BCUT2D eigenvalue weighted by Crippen LogP contribution is -2.29. The van der Waals surface area contributed by atoms with Crippen molar-refractivity contribution < 1.29 is 4.79 Å². The Morgan fingerprint density at radius 1 is 1.12 bits per heavy atom. The largest absolute Gasteiger partial charge is 0.369 e. The number of guanidine groups is 1. The maximum atomic E-state index is 10.8. The normalized spacial score (nSPS) is 14.8. The van der Waals surface area contributed by atoms with Gasteiger partial charge in [0.25, 0.3) is 0 Å². The van der Waals surface area contributed by atoms with Gasteiger partial charge >= 0.3 is 0 Å². The van der Waals surface area contributed by atoms with Crippen LogP contribution in [-0.2, 0) is 4.79 Å². The van der Waals surface area contributed by atoms with Gasteiger partial charge in [-0.2, -0.15) is 0 Å². The fourth-order valence-electron chi connectivity index (χ4n) is 3.44. The SMILES string of the molecule is NC(=Nc1c(C2CCC2)c(-c2ccccc2)nc2ccccc12)NC=O. The number of carbonyl (C=O) groups is 1. The molecule has 1 fully saturated rings. The Bertz CT molecular complexity index is 978. The van der Waals surface area contributed by atoms with E-state index < -0.39 is 0 Å². The van der Waals surface area contributed by atoms with Crippen LogP contribution in [0, 0.1) is 0 Å². The zero-order chi connectivity index (χ0) is 17.9. The Morgan fingerprint density at radius 2 is 1.85 bits per heavy atom. The van der Waals surface area contributed by atoms with E-state index in [1.807, 2.05) is 42.5 Å². The standard InChI is InChI=1S/C21H20N4O/c22-21(23-13-26)25-20-16-11-4-5-12-17(16)24-19(15-7-2-1-3-8-15)18(20)14-9-6-10-14/h1-5,7-8,11-14H,6,9-10H2,(H3,22,23,24,25,26). The second-order valence-electron chi connectivity index (χ2n) is 6.49. The predicted octanol–water partition coefficient (Wildman–Crippen LogP) is 3.86. The van der Waals surface area contributed by atoms with Crippen molar-refractivity contribution in [1.82, 2.24) is 10.3 Å². The van der Waals surface area contributed by atoms with Crippen LogP contribution in [0.5, 0.6) is 0 Å². The fraction of sp³-hybridized carbons (Fsp3) is 0.190. The van der Waals surface area contributed by atoms with E-state index in [4.69, 9.17) is 10.7 Å². The quantitative estimate of drug-likeness (QED) is 0.428. The van der Waals surface area contributed by atoms with Gasteiger partial charge in [-0.3, -0.25) is 10.1 Å². The first-order valence-corrected chi connectivity index (χ1v) is 8.80. The second kappa shape index (κ2) is 6.96. The van der Waals surface area contributed by atoms with Crippen molar-refractivity contribution in [2.24, 2.45) is 10.7 Å². The summed E-state index contributed by atoms with van der Waals surface area (Å²) in [6.07, 6.45) is 3.98. The maximum absolute atomic E-state index is 10.8. The van der Waals surface area contributed by atoms with Crippen molar-refractivity contribution in [2.75, 3.05) is 0 Å². The van der Waals surface area contributed by atoms with E-state index in [9.17, 15) is 4.79 Å². The third kappa shape index (κ3) is 2.92. The Morgan fingerprint density at radius 3 is 2.54 bits per heavy atom. The van der Waals surface area contributed by atoms with Crippen LogP contribution in [0.25, 0.3) is 22.2 Å². The van der Waals surface area contributed by atoms with Crippen LogP contribution in [0.15, 0.2) is 59.6 Å². The lowest BCUT2D eigenvalue weighted by Gasteiger charge is -2.29. The average molecular weight is 344 g/mol. The number of aliphatic imine (C=N–C) groups is 1. The van der Waals surface area contributed by atoms with Gasteiger partial charge in [-0.15, -0.1) is 0 Å². The Hall–Kier alpha value is -3.21. The number of aromatic nitrogens is 1. The molecule has 1 aromatic heterocycles. The number of hydrogen-bond donors (Lipinski definition) is 2. The molecule has 3 aromatic rings. The van der Waals surface area contributed by atoms with Gasteiger partial charge in [-0.25, -0.2) is 9.98 Å². The summed E-state index contributed by atoms with van der Waals surface area (Å²) < 4.78 is 0. The molecule has 1 saturated carbocycles. The third-order valence-corrected chi connectivity index (χ3v) is 4.90. The fourth-order valence-corrected chi connectivity index (χ4v) is 3.44. The van der Waals surface area contributed by atoms with Gasteiger partial charge in [-0.05, 0) is 24.8 Å². The van der Waals surface area contributed by atoms with Gasteiger partial charge in [0.1, 0.15) is 0 Å². The van der Waals surface area contributed by atoms with Gasteiger partial charge < -0.3 is 5.73 Å².